The topological polar surface area (TPSA) is 35.8 Å². The van der Waals surface area contributed by atoms with Gasteiger partial charge in [-0.3, -0.25) is 0 Å². The highest BCUT2D eigenvalue weighted by Crippen LogP contribution is 2.42. The lowest BCUT2D eigenvalue weighted by Crippen LogP contribution is -2.31. The smallest absolute Gasteiger partial charge is 0.200 e. The summed E-state index contributed by atoms with van der Waals surface area (Å²) in [6.45, 7) is 0. The van der Waals surface area contributed by atoms with E-state index in [0.29, 0.717) is 0 Å². The summed E-state index contributed by atoms with van der Waals surface area (Å²) in [6, 6.07) is 16.6. The van der Waals surface area contributed by atoms with Crippen LogP contribution in [0.3, 0.4) is 0 Å². The SMILES string of the molecule is CNC.N#CC(c1ccccc1)(c1ccccc1)c1c(F)c(F)c(F)c(F)c1F. The van der Waals surface area contributed by atoms with Gasteiger partial charge in [-0.1, -0.05) is 60.7 Å². The van der Waals surface area contributed by atoms with Gasteiger partial charge in [-0.15, -0.1) is 0 Å². The van der Waals surface area contributed by atoms with Crippen molar-refractivity contribution in [3.05, 3.63) is 106 Å². The Morgan fingerprint density at radius 1 is 0.655 bits per heavy atom. The van der Waals surface area contributed by atoms with Gasteiger partial charge in [0, 0.05) is 0 Å². The van der Waals surface area contributed by atoms with Gasteiger partial charge in [-0.25, -0.2) is 22.0 Å². The number of halogens is 5. The molecule has 0 aliphatic heterocycles. The minimum atomic E-state index is -2.27. The maximum atomic E-state index is 14.6. The number of nitrogens with one attached hydrogen (secondary N) is 1. The van der Waals surface area contributed by atoms with E-state index in [-0.39, 0.29) is 11.1 Å². The third kappa shape index (κ3) is 3.84. The molecule has 3 aromatic carbocycles. The molecule has 29 heavy (non-hydrogen) atoms. The molecule has 0 radical (unpaired) electrons. The van der Waals surface area contributed by atoms with E-state index in [9.17, 15) is 27.2 Å². The number of nitrogens with zero attached hydrogens (tertiary/aromatic N) is 1. The van der Waals surface area contributed by atoms with Gasteiger partial charge in [0.05, 0.1) is 11.6 Å². The molecule has 0 aliphatic rings. The van der Waals surface area contributed by atoms with Crippen LogP contribution in [-0.2, 0) is 5.41 Å². The summed E-state index contributed by atoms with van der Waals surface area (Å²) < 4.78 is 70.3. The van der Waals surface area contributed by atoms with E-state index < -0.39 is 40.1 Å². The van der Waals surface area contributed by atoms with Crippen molar-refractivity contribution in [2.75, 3.05) is 14.1 Å². The average Bonchev–Trinajstić information content (AvgIpc) is 2.76. The first-order valence-corrected chi connectivity index (χ1v) is 8.49. The van der Waals surface area contributed by atoms with Crippen LogP contribution in [0.15, 0.2) is 60.7 Å². The van der Waals surface area contributed by atoms with Crippen molar-refractivity contribution in [1.29, 1.82) is 5.26 Å². The van der Waals surface area contributed by atoms with E-state index in [1.54, 1.807) is 18.2 Å². The van der Waals surface area contributed by atoms with Gasteiger partial charge >= 0.3 is 0 Å². The van der Waals surface area contributed by atoms with E-state index in [0.717, 1.165) is 0 Å². The Labute approximate surface area is 165 Å². The number of rotatable bonds is 3. The Balaban J connectivity index is 0.000000941. The minimum absolute atomic E-state index is 0.0805. The van der Waals surface area contributed by atoms with Crippen LogP contribution < -0.4 is 5.32 Å². The van der Waals surface area contributed by atoms with Crippen molar-refractivity contribution in [1.82, 2.24) is 5.32 Å². The van der Waals surface area contributed by atoms with Gasteiger partial charge in [0.15, 0.2) is 23.3 Å². The quantitative estimate of drug-likeness (QED) is 0.286. The predicted octanol–water partition coefficient (Wildman–Crippen LogP) is 5.08. The molecule has 2 nitrogen and oxygen atoms in total. The highest BCUT2D eigenvalue weighted by atomic mass is 19.2. The van der Waals surface area contributed by atoms with E-state index in [1.165, 1.54) is 48.5 Å². The first-order valence-electron chi connectivity index (χ1n) is 8.49. The minimum Gasteiger partial charge on any atom is -0.323 e. The molecule has 0 aliphatic carbocycles. The van der Waals surface area contributed by atoms with Gasteiger partial charge in [-0.2, -0.15) is 5.26 Å². The second kappa shape index (κ2) is 9.30. The van der Waals surface area contributed by atoms with Gasteiger partial charge in [0.25, 0.3) is 0 Å². The molecule has 150 valence electrons. The molecule has 0 atom stereocenters. The zero-order valence-corrected chi connectivity index (χ0v) is 15.6. The molecule has 3 aromatic rings. The fourth-order valence-corrected chi connectivity index (χ4v) is 2.95. The van der Waals surface area contributed by atoms with Crippen molar-refractivity contribution < 1.29 is 22.0 Å². The number of hydrogen-bond donors (Lipinski definition) is 1. The van der Waals surface area contributed by atoms with Crippen molar-refractivity contribution in [3.8, 4) is 6.07 Å². The highest BCUT2D eigenvalue weighted by Gasteiger charge is 2.44. The summed E-state index contributed by atoms with van der Waals surface area (Å²) in [5, 5.41) is 12.7. The fourth-order valence-electron chi connectivity index (χ4n) is 2.95. The van der Waals surface area contributed by atoms with Crippen LogP contribution in [0.1, 0.15) is 16.7 Å². The molecular formula is C22H17F5N2. The van der Waals surface area contributed by atoms with Crippen molar-refractivity contribution in [2.45, 2.75) is 5.41 Å². The summed E-state index contributed by atoms with van der Waals surface area (Å²) in [5.74, 6) is -10.5. The average molecular weight is 404 g/mol. The van der Waals surface area contributed by atoms with Gasteiger partial charge in [0.2, 0.25) is 5.82 Å². The second-order valence-corrected chi connectivity index (χ2v) is 6.04. The van der Waals surface area contributed by atoms with E-state index in [4.69, 9.17) is 0 Å². The van der Waals surface area contributed by atoms with Crippen molar-refractivity contribution in [3.63, 3.8) is 0 Å². The standard InChI is InChI=1S/C20H10F5N.C2H7N/c21-15-14(16(22)18(24)19(25)17(15)23)20(11-26,12-7-3-1-4-8-12)13-9-5-2-6-10-13;1-3-2/h1-10H;3H,1-2H3. The molecule has 7 heteroatoms. The van der Waals surface area contributed by atoms with Crippen LogP contribution in [0.2, 0.25) is 0 Å². The van der Waals surface area contributed by atoms with Crippen LogP contribution in [0.25, 0.3) is 0 Å². The summed E-state index contributed by atoms with van der Waals surface area (Å²) in [7, 11) is 3.75. The lowest BCUT2D eigenvalue weighted by Gasteiger charge is -2.29. The van der Waals surface area contributed by atoms with Gasteiger partial charge in [0.1, 0.15) is 5.41 Å². The molecule has 0 saturated heterocycles. The molecule has 0 saturated carbocycles. The summed E-state index contributed by atoms with van der Waals surface area (Å²) in [4.78, 5) is 0. The molecule has 0 heterocycles. The molecule has 0 spiro atoms. The third-order valence-electron chi connectivity index (χ3n) is 4.17. The maximum absolute atomic E-state index is 14.6. The monoisotopic (exact) mass is 404 g/mol. The molecule has 1 N–H and O–H groups in total. The van der Waals surface area contributed by atoms with Gasteiger partial charge < -0.3 is 5.32 Å². The molecular weight excluding hydrogens is 387 g/mol. The zero-order valence-electron chi connectivity index (χ0n) is 15.6. The van der Waals surface area contributed by atoms with E-state index in [2.05, 4.69) is 5.32 Å². The Kier molecular flexibility index (Phi) is 7.08. The summed E-state index contributed by atoms with van der Waals surface area (Å²) in [6.07, 6.45) is 0. The molecule has 0 amide bonds. The first kappa shape index (κ1) is 22.1. The van der Waals surface area contributed by atoms with Gasteiger partial charge in [-0.05, 0) is 25.2 Å². The van der Waals surface area contributed by atoms with E-state index in [1.807, 2.05) is 14.1 Å². The van der Waals surface area contributed by atoms with Crippen molar-refractivity contribution >= 4 is 0 Å². The Hall–Kier alpha value is -3.24. The number of hydrogen-bond acceptors (Lipinski definition) is 2. The highest BCUT2D eigenvalue weighted by molar-refractivity contribution is 5.57. The van der Waals surface area contributed by atoms with E-state index >= 15 is 0 Å². The van der Waals surface area contributed by atoms with Crippen LogP contribution in [0.5, 0.6) is 0 Å². The maximum Gasteiger partial charge on any atom is 0.200 e. The van der Waals surface area contributed by atoms with Crippen LogP contribution in [-0.4, -0.2) is 14.1 Å². The zero-order chi connectivity index (χ0) is 21.6. The molecule has 0 unspecified atom stereocenters. The third-order valence-corrected chi connectivity index (χ3v) is 4.17. The lowest BCUT2D eigenvalue weighted by atomic mass is 9.70. The Bertz CT molecular complexity index is 946. The number of nitriles is 1. The predicted molar refractivity (Wildman–Crippen MR) is 99.6 cm³/mol. The lowest BCUT2D eigenvalue weighted by molar-refractivity contribution is 0.364. The van der Waals surface area contributed by atoms with Crippen LogP contribution in [0, 0.1) is 40.4 Å². The second-order valence-electron chi connectivity index (χ2n) is 6.04. The molecule has 0 bridgehead atoms. The fraction of sp³-hybridized carbons (Fsp3) is 0.136. The molecule has 0 fully saturated rings. The normalized spacial score (nSPS) is 10.7. The Morgan fingerprint density at radius 2 is 0.966 bits per heavy atom. The summed E-state index contributed by atoms with van der Waals surface area (Å²) in [5.41, 5.74) is -3.26. The molecule has 0 aromatic heterocycles. The van der Waals surface area contributed by atoms with Crippen LogP contribution >= 0.6 is 0 Å². The number of benzene rings is 3. The molecule has 3 rings (SSSR count). The largest absolute Gasteiger partial charge is 0.323 e. The summed E-state index contributed by atoms with van der Waals surface area (Å²) >= 11 is 0. The Morgan fingerprint density at radius 3 is 1.28 bits per heavy atom. The van der Waals surface area contributed by atoms with Crippen molar-refractivity contribution in [2.24, 2.45) is 0 Å². The first-order chi connectivity index (χ1) is 13.9. The van der Waals surface area contributed by atoms with Crippen LogP contribution in [0.4, 0.5) is 22.0 Å².